The predicted molar refractivity (Wildman–Crippen MR) is 52.2 cm³/mol. The first-order valence-corrected chi connectivity index (χ1v) is 4.82. The van der Waals surface area contributed by atoms with Gasteiger partial charge in [0, 0.05) is 6.54 Å². The van der Waals surface area contributed by atoms with Gasteiger partial charge in [0.25, 0.3) is 0 Å². The molecule has 0 radical (unpaired) electrons. The quantitative estimate of drug-likeness (QED) is 0.492. The van der Waals surface area contributed by atoms with Crippen LogP contribution in [-0.2, 0) is 4.74 Å². The standard InChI is InChI=1S/C9H20N2O2/c1-4-5-6-13-9(12)11-10-7-8(2)3/h8,10H,4-7H2,1-3H3,(H,11,12). The maximum atomic E-state index is 10.9. The smallest absolute Gasteiger partial charge is 0.421 e. The molecule has 13 heavy (non-hydrogen) atoms. The minimum atomic E-state index is -0.394. The molecule has 0 heterocycles. The van der Waals surface area contributed by atoms with Gasteiger partial charge in [-0.05, 0) is 12.3 Å². The molecule has 1 amide bonds. The Kier molecular flexibility index (Phi) is 7.39. The third kappa shape index (κ3) is 9.14. The van der Waals surface area contributed by atoms with Crippen molar-refractivity contribution in [2.24, 2.45) is 5.92 Å². The highest BCUT2D eigenvalue weighted by atomic mass is 16.6. The monoisotopic (exact) mass is 188 g/mol. The first-order valence-electron chi connectivity index (χ1n) is 4.82. The number of hydrazine groups is 1. The predicted octanol–water partition coefficient (Wildman–Crippen LogP) is 1.67. The van der Waals surface area contributed by atoms with Gasteiger partial charge in [-0.3, -0.25) is 5.43 Å². The fourth-order valence-corrected chi connectivity index (χ4v) is 0.673. The first kappa shape index (κ1) is 12.2. The van der Waals surface area contributed by atoms with Crippen molar-refractivity contribution in [1.82, 2.24) is 10.9 Å². The van der Waals surface area contributed by atoms with Gasteiger partial charge in [-0.1, -0.05) is 27.2 Å². The molecule has 4 nitrogen and oxygen atoms in total. The molecule has 0 aliphatic carbocycles. The van der Waals surface area contributed by atoms with E-state index < -0.39 is 6.09 Å². The van der Waals surface area contributed by atoms with Crippen molar-refractivity contribution < 1.29 is 9.53 Å². The Labute approximate surface area is 80.0 Å². The Morgan fingerprint density at radius 3 is 2.69 bits per heavy atom. The molecule has 0 rings (SSSR count). The summed E-state index contributed by atoms with van der Waals surface area (Å²) in [6.45, 7) is 7.43. The van der Waals surface area contributed by atoms with Gasteiger partial charge < -0.3 is 4.74 Å². The van der Waals surface area contributed by atoms with Gasteiger partial charge in [0.2, 0.25) is 0 Å². The molecule has 0 aromatic heterocycles. The van der Waals surface area contributed by atoms with Crippen molar-refractivity contribution in [3.05, 3.63) is 0 Å². The number of hydrogen-bond acceptors (Lipinski definition) is 3. The topological polar surface area (TPSA) is 50.4 Å². The molecule has 0 aromatic carbocycles. The lowest BCUT2D eigenvalue weighted by molar-refractivity contribution is 0.139. The Morgan fingerprint density at radius 2 is 2.15 bits per heavy atom. The lowest BCUT2D eigenvalue weighted by atomic mass is 10.2. The Hall–Kier alpha value is -0.770. The molecular weight excluding hydrogens is 168 g/mol. The summed E-state index contributed by atoms with van der Waals surface area (Å²) in [5.41, 5.74) is 5.25. The van der Waals surface area contributed by atoms with Crippen LogP contribution >= 0.6 is 0 Å². The van der Waals surface area contributed by atoms with Crippen molar-refractivity contribution in [3.63, 3.8) is 0 Å². The van der Waals surface area contributed by atoms with Crippen LogP contribution in [0.5, 0.6) is 0 Å². The van der Waals surface area contributed by atoms with Crippen LogP contribution in [0.15, 0.2) is 0 Å². The summed E-state index contributed by atoms with van der Waals surface area (Å²) in [4.78, 5) is 10.9. The highest BCUT2D eigenvalue weighted by Crippen LogP contribution is 1.88. The van der Waals surface area contributed by atoms with E-state index in [-0.39, 0.29) is 0 Å². The number of carbonyl (C=O) groups is 1. The van der Waals surface area contributed by atoms with Gasteiger partial charge in [0.15, 0.2) is 0 Å². The van der Waals surface area contributed by atoms with E-state index in [0.29, 0.717) is 12.5 Å². The van der Waals surface area contributed by atoms with Crippen LogP contribution in [-0.4, -0.2) is 19.2 Å². The lowest BCUT2D eigenvalue weighted by Gasteiger charge is -2.09. The highest BCUT2D eigenvalue weighted by molar-refractivity contribution is 5.66. The maximum Gasteiger partial charge on any atom is 0.421 e. The fraction of sp³-hybridized carbons (Fsp3) is 0.889. The van der Waals surface area contributed by atoms with Crippen LogP contribution in [0.25, 0.3) is 0 Å². The third-order valence-electron chi connectivity index (χ3n) is 1.43. The van der Waals surface area contributed by atoms with Gasteiger partial charge in [0.05, 0.1) is 6.61 Å². The Morgan fingerprint density at radius 1 is 1.46 bits per heavy atom. The van der Waals surface area contributed by atoms with Crippen LogP contribution in [0.1, 0.15) is 33.6 Å². The van der Waals surface area contributed by atoms with E-state index in [2.05, 4.69) is 31.6 Å². The zero-order valence-corrected chi connectivity index (χ0v) is 8.72. The summed E-state index contributed by atoms with van der Waals surface area (Å²) in [5, 5.41) is 0. The van der Waals surface area contributed by atoms with E-state index in [0.717, 1.165) is 19.4 Å². The molecule has 0 saturated carbocycles. The molecule has 0 aromatic rings. The SMILES string of the molecule is CCCCOC(=O)NNCC(C)C. The Bertz CT molecular complexity index is 138. The second-order valence-corrected chi connectivity index (χ2v) is 3.39. The van der Waals surface area contributed by atoms with Crippen LogP contribution < -0.4 is 10.9 Å². The van der Waals surface area contributed by atoms with Crippen molar-refractivity contribution in [2.75, 3.05) is 13.2 Å². The number of amides is 1. The first-order chi connectivity index (χ1) is 6.16. The van der Waals surface area contributed by atoms with Gasteiger partial charge in [0.1, 0.15) is 0 Å². The van der Waals surface area contributed by atoms with Crippen molar-refractivity contribution in [1.29, 1.82) is 0 Å². The van der Waals surface area contributed by atoms with Gasteiger partial charge in [-0.25, -0.2) is 10.2 Å². The molecule has 0 aliphatic rings. The number of rotatable bonds is 6. The van der Waals surface area contributed by atoms with E-state index in [1.165, 1.54) is 0 Å². The fourth-order valence-electron chi connectivity index (χ4n) is 0.673. The maximum absolute atomic E-state index is 10.9. The van der Waals surface area contributed by atoms with E-state index >= 15 is 0 Å². The van der Waals surface area contributed by atoms with Crippen molar-refractivity contribution in [2.45, 2.75) is 33.6 Å². The van der Waals surface area contributed by atoms with Crippen molar-refractivity contribution >= 4 is 6.09 Å². The average molecular weight is 188 g/mol. The van der Waals surface area contributed by atoms with Crippen molar-refractivity contribution in [3.8, 4) is 0 Å². The average Bonchev–Trinajstić information content (AvgIpc) is 2.04. The molecule has 2 N–H and O–H groups in total. The van der Waals surface area contributed by atoms with Gasteiger partial charge in [-0.15, -0.1) is 0 Å². The van der Waals surface area contributed by atoms with Crippen LogP contribution in [0, 0.1) is 5.92 Å². The number of hydrogen-bond donors (Lipinski definition) is 2. The highest BCUT2D eigenvalue weighted by Gasteiger charge is 1.99. The molecule has 78 valence electrons. The molecule has 4 heteroatoms. The van der Waals surface area contributed by atoms with E-state index in [1.54, 1.807) is 0 Å². The summed E-state index contributed by atoms with van der Waals surface area (Å²) in [6, 6.07) is 0. The summed E-state index contributed by atoms with van der Waals surface area (Å²) < 4.78 is 4.85. The molecule has 0 unspecified atom stereocenters. The molecule has 0 atom stereocenters. The second kappa shape index (κ2) is 7.86. The molecule has 0 saturated heterocycles. The second-order valence-electron chi connectivity index (χ2n) is 3.39. The third-order valence-corrected chi connectivity index (χ3v) is 1.43. The van der Waals surface area contributed by atoms with Crippen LogP contribution in [0.3, 0.4) is 0 Å². The van der Waals surface area contributed by atoms with E-state index in [4.69, 9.17) is 4.74 Å². The van der Waals surface area contributed by atoms with Crippen LogP contribution in [0.2, 0.25) is 0 Å². The molecule has 0 aliphatic heterocycles. The minimum absolute atomic E-state index is 0.394. The number of ether oxygens (including phenoxy) is 1. The van der Waals surface area contributed by atoms with Gasteiger partial charge >= 0.3 is 6.09 Å². The van der Waals surface area contributed by atoms with E-state index in [9.17, 15) is 4.79 Å². The van der Waals surface area contributed by atoms with Crippen LogP contribution in [0.4, 0.5) is 4.79 Å². The summed E-state index contributed by atoms with van der Waals surface area (Å²) in [5.74, 6) is 0.510. The molecule has 0 fully saturated rings. The van der Waals surface area contributed by atoms with Gasteiger partial charge in [-0.2, -0.15) is 0 Å². The molecular formula is C9H20N2O2. The largest absolute Gasteiger partial charge is 0.449 e. The van der Waals surface area contributed by atoms with E-state index in [1.807, 2.05) is 0 Å². The summed E-state index contributed by atoms with van der Waals surface area (Å²) in [7, 11) is 0. The molecule has 0 bridgehead atoms. The lowest BCUT2D eigenvalue weighted by Crippen LogP contribution is -2.39. The summed E-state index contributed by atoms with van der Waals surface area (Å²) in [6.07, 6.45) is 1.55. The summed E-state index contributed by atoms with van der Waals surface area (Å²) >= 11 is 0. The zero-order valence-electron chi connectivity index (χ0n) is 8.72. The number of nitrogens with one attached hydrogen (secondary N) is 2. The zero-order chi connectivity index (χ0) is 10.1. The normalized spacial score (nSPS) is 10.2. The number of unbranched alkanes of at least 4 members (excludes halogenated alkanes) is 1. The number of carbonyl (C=O) groups excluding carboxylic acids is 1. The Balaban J connectivity index is 3.20. The minimum Gasteiger partial charge on any atom is -0.449 e. The molecule has 0 spiro atoms.